The molecule has 0 aliphatic heterocycles. The number of hydrogen-bond acceptors (Lipinski definition) is 5. The number of nitrogens with one attached hydrogen (secondary N) is 2. The molecule has 0 bridgehead atoms. The minimum absolute atomic E-state index is 0.215. The molecule has 0 spiro atoms. The molecule has 0 aliphatic rings. The highest BCUT2D eigenvalue weighted by Gasteiger charge is 2.10. The lowest BCUT2D eigenvalue weighted by Crippen LogP contribution is -2.14. The first-order chi connectivity index (χ1) is 12.2. The zero-order valence-electron chi connectivity index (χ0n) is 12.9. The Bertz CT molecular complexity index is 967. The van der Waals surface area contributed by atoms with Gasteiger partial charge in [0.25, 0.3) is 5.91 Å². The van der Waals surface area contributed by atoms with Crippen molar-refractivity contribution in [2.45, 2.75) is 0 Å². The summed E-state index contributed by atoms with van der Waals surface area (Å²) in [5.41, 5.74) is 1.92. The first kappa shape index (κ1) is 16.6. The van der Waals surface area contributed by atoms with Crippen molar-refractivity contribution in [1.29, 1.82) is 5.26 Å². The molecule has 1 amide bonds. The summed E-state index contributed by atoms with van der Waals surface area (Å²) in [6.45, 7) is 0. The Morgan fingerprint density at radius 3 is 2.76 bits per heavy atom. The standard InChI is InChI=1S/C18H12BrN5O/c19-13-5-3-6-14(10-13)22-17(25)16-8-9-21-18(24-16)23-15-7-2-1-4-12(15)11-20/h1-10H,(H,22,25)(H,21,23,24). The molecule has 0 atom stereocenters. The molecule has 0 saturated carbocycles. The molecular formula is C18H12BrN5O. The summed E-state index contributed by atoms with van der Waals surface area (Å²) >= 11 is 3.36. The van der Waals surface area contributed by atoms with Gasteiger partial charge in [0.15, 0.2) is 0 Å². The second kappa shape index (κ2) is 7.55. The van der Waals surface area contributed by atoms with Crippen LogP contribution in [0.5, 0.6) is 0 Å². The molecule has 0 fully saturated rings. The molecule has 1 aromatic heterocycles. The molecule has 25 heavy (non-hydrogen) atoms. The van der Waals surface area contributed by atoms with Gasteiger partial charge in [-0.15, -0.1) is 0 Å². The van der Waals surface area contributed by atoms with E-state index in [2.05, 4.69) is 42.6 Å². The molecule has 122 valence electrons. The minimum Gasteiger partial charge on any atom is -0.323 e. The number of rotatable bonds is 4. The fourth-order valence-electron chi connectivity index (χ4n) is 2.12. The summed E-state index contributed by atoms with van der Waals surface area (Å²) < 4.78 is 0.864. The van der Waals surface area contributed by atoms with E-state index in [-0.39, 0.29) is 17.5 Å². The quantitative estimate of drug-likeness (QED) is 0.695. The Hall–Kier alpha value is -3.24. The van der Waals surface area contributed by atoms with E-state index in [1.54, 1.807) is 36.4 Å². The molecule has 3 aromatic rings. The van der Waals surface area contributed by atoms with Crippen molar-refractivity contribution in [1.82, 2.24) is 9.97 Å². The van der Waals surface area contributed by atoms with E-state index in [0.717, 1.165) is 4.47 Å². The monoisotopic (exact) mass is 393 g/mol. The summed E-state index contributed by atoms with van der Waals surface area (Å²) in [6.07, 6.45) is 1.49. The van der Waals surface area contributed by atoms with Crippen LogP contribution in [0, 0.1) is 11.3 Å². The van der Waals surface area contributed by atoms with E-state index in [0.29, 0.717) is 16.9 Å². The van der Waals surface area contributed by atoms with Gasteiger partial charge in [-0.2, -0.15) is 5.26 Å². The van der Waals surface area contributed by atoms with Crippen LogP contribution in [0.4, 0.5) is 17.3 Å². The molecule has 0 aliphatic carbocycles. The van der Waals surface area contributed by atoms with Gasteiger partial charge in [-0.05, 0) is 36.4 Å². The average molecular weight is 394 g/mol. The number of para-hydroxylation sites is 1. The zero-order valence-corrected chi connectivity index (χ0v) is 14.5. The summed E-state index contributed by atoms with van der Waals surface area (Å²) in [5.74, 6) is -0.110. The number of nitriles is 1. The van der Waals surface area contributed by atoms with Crippen LogP contribution < -0.4 is 10.6 Å². The van der Waals surface area contributed by atoms with Gasteiger partial charge in [0.1, 0.15) is 11.8 Å². The van der Waals surface area contributed by atoms with Gasteiger partial charge in [-0.1, -0.05) is 34.1 Å². The molecule has 2 aromatic carbocycles. The van der Waals surface area contributed by atoms with Gasteiger partial charge in [-0.25, -0.2) is 9.97 Å². The van der Waals surface area contributed by atoms with Crippen LogP contribution >= 0.6 is 15.9 Å². The number of benzene rings is 2. The molecule has 1 heterocycles. The number of amides is 1. The van der Waals surface area contributed by atoms with E-state index < -0.39 is 0 Å². The number of carbonyl (C=O) groups is 1. The lowest BCUT2D eigenvalue weighted by molar-refractivity contribution is 0.102. The van der Waals surface area contributed by atoms with Crippen molar-refractivity contribution >= 4 is 39.2 Å². The fourth-order valence-corrected chi connectivity index (χ4v) is 2.52. The van der Waals surface area contributed by atoms with Gasteiger partial charge in [0, 0.05) is 16.4 Å². The van der Waals surface area contributed by atoms with Crippen molar-refractivity contribution in [3.05, 3.63) is 76.5 Å². The highest BCUT2D eigenvalue weighted by atomic mass is 79.9. The van der Waals surface area contributed by atoms with E-state index >= 15 is 0 Å². The summed E-state index contributed by atoms with van der Waals surface area (Å²) in [7, 11) is 0. The Labute approximate surface area is 152 Å². The van der Waals surface area contributed by atoms with Gasteiger partial charge < -0.3 is 10.6 Å². The summed E-state index contributed by atoms with van der Waals surface area (Å²) in [5, 5.41) is 14.9. The van der Waals surface area contributed by atoms with E-state index in [9.17, 15) is 4.79 Å². The number of carbonyl (C=O) groups excluding carboxylic acids is 1. The van der Waals surface area contributed by atoms with Crippen LogP contribution in [0.3, 0.4) is 0 Å². The summed E-state index contributed by atoms with van der Waals surface area (Å²) in [4.78, 5) is 20.7. The van der Waals surface area contributed by atoms with Crippen LogP contribution in [0.2, 0.25) is 0 Å². The van der Waals surface area contributed by atoms with Crippen molar-refractivity contribution in [2.24, 2.45) is 0 Å². The third-order valence-corrected chi connectivity index (χ3v) is 3.76. The van der Waals surface area contributed by atoms with Crippen LogP contribution in [-0.4, -0.2) is 15.9 Å². The maximum absolute atomic E-state index is 12.4. The lowest BCUT2D eigenvalue weighted by Gasteiger charge is -2.08. The second-order valence-electron chi connectivity index (χ2n) is 5.01. The van der Waals surface area contributed by atoms with Crippen molar-refractivity contribution < 1.29 is 4.79 Å². The topological polar surface area (TPSA) is 90.7 Å². The van der Waals surface area contributed by atoms with Crippen LogP contribution in [-0.2, 0) is 0 Å². The molecule has 0 saturated heterocycles. The molecular weight excluding hydrogens is 382 g/mol. The zero-order chi connectivity index (χ0) is 17.6. The molecule has 6 nitrogen and oxygen atoms in total. The number of hydrogen-bond donors (Lipinski definition) is 2. The first-order valence-electron chi connectivity index (χ1n) is 7.32. The normalized spacial score (nSPS) is 9.92. The van der Waals surface area contributed by atoms with Crippen molar-refractivity contribution in [3.63, 3.8) is 0 Å². The molecule has 7 heteroatoms. The predicted octanol–water partition coefficient (Wildman–Crippen LogP) is 4.11. The number of nitrogens with zero attached hydrogens (tertiary/aromatic N) is 3. The van der Waals surface area contributed by atoms with Crippen molar-refractivity contribution in [3.8, 4) is 6.07 Å². The van der Waals surface area contributed by atoms with Gasteiger partial charge >= 0.3 is 0 Å². The maximum Gasteiger partial charge on any atom is 0.274 e. The highest BCUT2D eigenvalue weighted by Crippen LogP contribution is 2.19. The molecule has 2 N–H and O–H groups in total. The minimum atomic E-state index is -0.350. The lowest BCUT2D eigenvalue weighted by atomic mass is 10.2. The first-order valence-corrected chi connectivity index (χ1v) is 8.11. The third kappa shape index (κ3) is 4.19. The van der Waals surface area contributed by atoms with E-state index in [1.807, 2.05) is 12.1 Å². The van der Waals surface area contributed by atoms with E-state index in [1.165, 1.54) is 12.3 Å². The summed E-state index contributed by atoms with van der Waals surface area (Å²) in [6, 6.07) is 17.9. The Morgan fingerprint density at radius 1 is 1.12 bits per heavy atom. The molecule has 0 unspecified atom stereocenters. The Morgan fingerprint density at radius 2 is 1.96 bits per heavy atom. The van der Waals surface area contributed by atoms with Crippen LogP contribution in [0.1, 0.15) is 16.1 Å². The largest absolute Gasteiger partial charge is 0.323 e. The Kier molecular flexibility index (Phi) is 5.02. The van der Waals surface area contributed by atoms with Crippen LogP contribution in [0.15, 0.2) is 65.3 Å². The van der Waals surface area contributed by atoms with Gasteiger partial charge in [0.05, 0.1) is 11.3 Å². The second-order valence-corrected chi connectivity index (χ2v) is 5.93. The maximum atomic E-state index is 12.4. The molecule has 0 radical (unpaired) electrons. The third-order valence-electron chi connectivity index (χ3n) is 3.26. The van der Waals surface area contributed by atoms with Crippen LogP contribution in [0.25, 0.3) is 0 Å². The molecule has 3 rings (SSSR count). The average Bonchev–Trinajstić information content (AvgIpc) is 2.62. The van der Waals surface area contributed by atoms with Gasteiger partial charge in [-0.3, -0.25) is 4.79 Å². The highest BCUT2D eigenvalue weighted by molar-refractivity contribution is 9.10. The van der Waals surface area contributed by atoms with Crippen molar-refractivity contribution in [2.75, 3.05) is 10.6 Å². The number of halogens is 1. The Balaban J connectivity index is 1.79. The van der Waals surface area contributed by atoms with E-state index in [4.69, 9.17) is 5.26 Å². The SMILES string of the molecule is N#Cc1ccccc1Nc1nccc(C(=O)Nc2cccc(Br)c2)n1. The fraction of sp³-hybridized carbons (Fsp3) is 0. The predicted molar refractivity (Wildman–Crippen MR) is 98.6 cm³/mol. The smallest absolute Gasteiger partial charge is 0.274 e. The van der Waals surface area contributed by atoms with Gasteiger partial charge in [0.2, 0.25) is 5.95 Å². The number of anilines is 3. The number of aromatic nitrogens is 2.